The molecular weight excluding hydrogens is 236 g/mol. The van der Waals surface area contributed by atoms with Crippen molar-refractivity contribution < 1.29 is 4.79 Å². The maximum Gasteiger partial charge on any atom is 0.240 e. The first-order valence-electron chi connectivity index (χ1n) is 7.02. The van der Waals surface area contributed by atoms with Gasteiger partial charge in [0.05, 0.1) is 12.1 Å². The smallest absolute Gasteiger partial charge is 0.240 e. The summed E-state index contributed by atoms with van der Waals surface area (Å²) in [6.45, 7) is 6.87. The van der Waals surface area contributed by atoms with Gasteiger partial charge in [-0.05, 0) is 23.8 Å². The van der Waals surface area contributed by atoms with Crippen LogP contribution in [-0.4, -0.2) is 23.4 Å². The van der Waals surface area contributed by atoms with Crippen LogP contribution in [0.4, 0.5) is 0 Å². The monoisotopic (exact) mass is 260 g/mol. The van der Waals surface area contributed by atoms with Gasteiger partial charge in [0.25, 0.3) is 0 Å². The predicted molar refractivity (Wildman–Crippen MR) is 77.6 cm³/mol. The number of nitrogens with zero attached hydrogens (tertiary/aromatic N) is 1. The van der Waals surface area contributed by atoms with Crippen molar-refractivity contribution in [3.05, 3.63) is 35.9 Å². The molecule has 0 aromatic heterocycles. The summed E-state index contributed by atoms with van der Waals surface area (Å²) in [6, 6.07) is 10.0. The lowest BCUT2D eigenvalue weighted by Gasteiger charge is -2.33. The number of rotatable bonds is 2. The Morgan fingerprint density at radius 1 is 1.32 bits per heavy atom. The summed E-state index contributed by atoms with van der Waals surface area (Å²) >= 11 is 0. The van der Waals surface area contributed by atoms with Crippen LogP contribution in [0.1, 0.15) is 45.2 Å². The molecule has 1 aliphatic rings. The Bertz CT molecular complexity index is 436. The van der Waals surface area contributed by atoms with Crippen LogP contribution in [0.25, 0.3) is 0 Å². The molecule has 3 heteroatoms. The van der Waals surface area contributed by atoms with E-state index in [2.05, 4.69) is 12.1 Å². The second-order valence-electron chi connectivity index (χ2n) is 6.44. The normalized spacial score (nSPS) is 21.5. The second kappa shape index (κ2) is 5.33. The molecule has 1 aliphatic heterocycles. The van der Waals surface area contributed by atoms with Crippen LogP contribution in [0, 0.1) is 5.41 Å². The molecule has 0 radical (unpaired) electrons. The van der Waals surface area contributed by atoms with Crippen molar-refractivity contribution in [1.29, 1.82) is 0 Å². The summed E-state index contributed by atoms with van der Waals surface area (Å²) in [6.07, 6.45) is 2.09. The number of carbonyl (C=O) groups excluding carboxylic acids is 1. The number of amides is 1. The van der Waals surface area contributed by atoms with Crippen molar-refractivity contribution in [2.75, 3.05) is 6.54 Å². The van der Waals surface area contributed by atoms with E-state index in [-0.39, 0.29) is 17.4 Å². The van der Waals surface area contributed by atoms with Crippen LogP contribution in [0.5, 0.6) is 0 Å². The van der Waals surface area contributed by atoms with Crippen molar-refractivity contribution in [3.8, 4) is 0 Å². The summed E-state index contributed by atoms with van der Waals surface area (Å²) in [5.74, 6) is 0.0823. The number of nitrogens with two attached hydrogens (primary N) is 1. The lowest BCUT2D eigenvalue weighted by molar-refractivity contribution is -0.135. The third-order valence-corrected chi connectivity index (χ3v) is 3.92. The zero-order valence-corrected chi connectivity index (χ0v) is 12.1. The van der Waals surface area contributed by atoms with E-state index >= 15 is 0 Å². The second-order valence-corrected chi connectivity index (χ2v) is 6.44. The molecule has 0 saturated carbocycles. The molecule has 2 unspecified atom stereocenters. The molecule has 104 valence electrons. The molecule has 1 amide bonds. The average molecular weight is 260 g/mol. The van der Waals surface area contributed by atoms with Crippen LogP contribution in [0.2, 0.25) is 0 Å². The van der Waals surface area contributed by atoms with Crippen molar-refractivity contribution in [2.45, 2.75) is 45.7 Å². The Morgan fingerprint density at radius 2 is 1.95 bits per heavy atom. The lowest BCUT2D eigenvalue weighted by Crippen LogP contribution is -2.50. The third kappa shape index (κ3) is 2.98. The fourth-order valence-electron chi connectivity index (χ4n) is 2.60. The van der Waals surface area contributed by atoms with Gasteiger partial charge in [-0.1, -0.05) is 51.1 Å². The van der Waals surface area contributed by atoms with E-state index in [1.165, 1.54) is 5.56 Å². The zero-order valence-electron chi connectivity index (χ0n) is 12.1. The van der Waals surface area contributed by atoms with E-state index < -0.39 is 6.04 Å². The van der Waals surface area contributed by atoms with Gasteiger partial charge in [-0.3, -0.25) is 4.79 Å². The van der Waals surface area contributed by atoms with E-state index in [9.17, 15) is 4.79 Å². The fraction of sp³-hybridized carbons (Fsp3) is 0.562. The summed E-state index contributed by atoms with van der Waals surface area (Å²) in [4.78, 5) is 14.5. The maximum absolute atomic E-state index is 12.6. The van der Waals surface area contributed by atoms with E-state index in [0.29, 0.717) is 0 Å². The maximum atomic E-state index is 12.6. The Hall–Kier alpha value is -1.35. The highest BCUT2D eigenvalue weighted by Crippen LogP contribution is 2.33. The van der Waals surface area contributed by atoms with E-state index in [1.54, 1.807) is 0 Å². The summed E-state index contributed by atoms with van der Waals surface area (Å²) in [5, 5.41) is 0. The molecule has 2 N–H and O–H groups in total. The Balaban J connectivity index is 2.18. The van der Waals surface area contributed by atoms with Crippen molar-refractivity contribution in [2.24, 2.45) is 11.1 Å². The standard InChI is InChI=1S/C16H24N2O/c1-16(2,3)14(17)15(19)18-11-7-10-13(18)12-8-5-4-6-9-12/h4-6,8-9,13-14H,7,10-11,17H2,1-3H3. The quantitative estimate of drug-likeness (QED) is 0.888. The molecule has 2 rings (SSSR count). The highest BCUT2D eigenvalue weighted by atomic mass is 16.2. The first-order valence-corrected chi connectivity index (χ1v) is 7.02. The van der Waals surface area contributed by atoms with Gasteiger partial charge in [-0.25, -0.2) is 0 Å². The Labute approximate surface area is 115 Å². The average Bonchev–Trinajstić information content (AvgIpc) is 2.86. The number of likely N-dealkylation sites (tertiary alicyclic amines) is 1. The van der Waals surface area contributed by atoms with Crippen molar-refractivity contribution in [1.82, 2.24) is 4.90 Å². The van der Waals surface area contributed by atoms with Gasteiger partial charge in [0.2, 0.25) is 5.91 Å². The predicted octanol–water partition coefficient (Wildman–Crippen LogP) is 2.72. The Morgan fingerprint density at radius 3 is 2.53 bits per heavy atom. The number of benzene rings is 1. The first kappa shape index (κ1) is 14.1. The summed E-state index contributed by atoms with van der Waals surface area (Å²) in [5.41, 5.74) is 7.15. The first-order chi connectivity index (χ1) is 8.91. The van der Waals surface area contributed by atoms with E-state index in [0.717, 1.165) is 19.4 Å². The minimum Gasteiger partial charge on any atom is -0.334 e. The Kier molecular flexibility index (Phi) is 3.95. The van der Waals surface area contributed by atoms with Crippen molar-refractivity contribution >= 4 is 5.91 Å². The minimum absolute atomic E-state index is 0.0823. The molecule has 1 aromatic carbocycles. The van der Waals surface area contributed by atoms with Crippen LogP contribution in [0.15, 0.2) is 30.3 Å². The van der Waals surface area contributed by atoms with Gasteiger partial charge in [0.1, 0.15) is 0 Å². The molecule has 0 spiro atoms. The van der Waals surface area contributed by atoms with Crippen LogP contribution in [-0.2, 0) is 4.79 Å². The molecule has 3 nitrogen and oxygen atoms in total. The zero-order chi connectivity index (χ0) is 14.0. The van der Waals surface area contributed by atoms with Gasteiger partial charge in [-0.15, -0.1) is 0 Å². The van der Waals surface area contributed by atoms with Gasteiger partial charge in [0, 0.05) is 6.54 Å². The highest BCUT2D eigenvalue weighted by molar-refractivity contribution is 5.83. The van der Waals surface area contributed by atoms with Gasteiger partial charge < -0.3 is 10.6 Å². The fourth-order valence-corrected chi connectivity index (χ4v) is 2.60. The summed E-state index contributed by atoms with van der Waals surface area (Å²) < 4.78 is 0. The van der Waals surface area contributed by atoms with Gasteiger partial charge >= 0.3 is 0 Å². The molecule has 1 fully saturated rings. The largest absolute Gasteiger partial charge is 0.334 e. The van der Waals surface area contributed by atoms with E-state index in [4.69, 9.17) is 5.73 Å². The van der Waals surface area contributed by atoms with E-state index in [1.807, 2.05) is 43.9 Å². The molecular formula is C16H24N2O. The molecule has 0 bridgehead atoms. The number of hydrogen-bond donors (Lipinski definition) is 1. The van der Waals surface area contributed by atoms with Crippen molar-refractivity contribution in [3.63, 3.8) is 0 Å². The molecule has 1 heterocycles. The topological polar surface area (TPSA) is 46.3 Å². The molecule has 1 saturated heterocycles. The molecule has 2 atom stereocenters. The van der Waals surface area contributed by atoms with Gasteiger partial charge in [0.15, 0.2) is 0 Å². The molecule has 19 heavy (non-hydrogen) atoms. The molecule has 0 aliphatic carbocycles. The molecule has 1 aromatic rings. The van der Waals surface area contributed by atoms with Crippen LogP contribution >= 0.6 is 0 Å². The number of carbonyl (C=O) groups is 1. The van der Waals surface area contributed by atoms with Gasteiger partial charge in [-0.2, -0.15) is 0 Å². The number of hydrogen-bond acceptors (Lipinski definition) is 2. The summed E-state index contributed by atoms with van der Waals surface area (Å²) in [7, 11) is 0. The van der Waals surface area contributed by atoms with Crippen LogP contribution < -0.4 is 5.73 Å². The third-order valence-electron chi connectivity index (χ3n) is 3.92. The highest BCUT2D eigenvalue weighted by Gasteiger charge is 2.36. The SMILES string of the molecule is CC(C)(C)C(N)C(=O)N1CCCC1c1ccccc1. The van der Waals surface area contributed by atoms with Crippen LogP contribution in [0.3, 0.4) is 0 Å². The lowest BCUT2D eigenvalue weighted by atomic mass is 9.86. The minimum atomic E-state index is -0.434.